The van der Waals surface area contributed by atoms with Gasteiger partial charge in [0.15, 0.2) is 0 Å². The first-order chi connectivity index (χ1) is 20.9. The predicted molar refractivity (Wildman–Crippen MR) is 184 cm³/mol. The molecule has 4 nitrogen and oxygen atoms in total. The second kappa shape index (κ2) is 36.2. The molecule has 0 fully saturated rings. The summed E-state index contributed by atoms with van der Waals surface area (Å²) in [4.78, 5) is 22.7. The van der Waals surface area contributed by atoms with Gasteiger partial charge in [0.05, 0.1) is 0 Å². The van der Waals surface area contributed by atoms with E-state index in [0.717, 1.165) is 38.5 Å². The number of rotatable bonds is 33. The average molecular weight is 714 g/mol. The molecule has 254 valence electrons. The molecule has 0 heterocycles. The molecule has 0 saturated carbocycles. The van der Waals surface area contributed by atoms with Gasteiger partial charge < -0.3 is 19.8 Å². The van der Waals surface area contributed by atoms with Crippen molar-refractivity contribution in [1.29, 1.82) is 0 Å². The van der Waals surface area contributed by atoms with Crippen molar-refractivity contribution in [3.8, 4) is 0 Å². The molecular formula is C38H74O4Sn. The first-order valence-electron chi connectivity index (χ1n) is 19.0. The molecule has 0 atom stereocenters. The van der Waals surface area contributed by atoms with E-state index in [0.29, 0.717) is 25.7 Å². The van der Waals surface area contributed by atoms with E-state index in [1.807, 2.05) is 0 Å². The van der Waals surface area contributed by atoms with Gasteiger partial charge in [0.1, 0.15) is 0 Å². The first-order valence-corrected chi connectivity index (χ1v) is 23.1. The molecule has 43 heavy (non-hydrogen) atoms. The molecule has 0 rings (SSSR count). The summed E-state index contributed by atoms with van der Waals surface area (Å²) in [5, 5.41) is 22.7. The Kier molecular flexibility index (Phi) is 37.8. The van der Waals surface area contributed by atoms with Crippen LogP contribution in [0.1, 0.15) is 214 Å². The summed E-state index contributed by atoms with van der Waals surface area (Å²) in [5.74, 6) is -2.09. The van der Waals surface area contributed by atoms with Gasteiger partial charge in [-0.15, -0.1) is 0 Å². The molecule has 0 aliphatic heterocycles. The SMILES string of the molecule is CCCCCCCCC(CCCCCCCC)(CCCC(=O)[O-])C(=O)[O-].CCCCCCC[CH2][Sn+2][CH2]CCCCCCC. The zero-order valence-electron chi connectivity index (χ0n) is 29.6. The van der Waals surface area contributed by atoms with Crippen LogP contribution in [0.2, 0.25) is 8.87 Å². The monoisotopic (exact) mass is 714 g/mol. The Morgan fingerprint density at radius 3 is 1.07 bits per heavy atom. The van der Waals surface area contributed by atoms with Gasteiger partial charge >= 0.3 is 121 Å². The molecule has 0 N–H and O–H groups in total. The van der Waals surface area contributed by atoms with Crippen LogP contribution in [0.25, 0.3) is 0 Å². The third kappa shape index (κ3) is 32.9. The van der Waals surface area contributed by atoms with Crippen LogP contribution in [0.15, 0.2) is 0 Å². The van der Waals surface area contributed by atoms with E-state index < -0.39 is 17.4 Å². The Bertz CT molecular complexity index is 550. The second-order valence-corrected chi connectivity index (χ2v) is 17.4. The molecule has 0 bridgehead atoms. The molecule has 0 aliphatic rings. The molecule has 0 aliphatic carbocycles. The van der Waals surface area contributed by atoms with E-state index in [-0.39, 0.29) is 27.6 Å². The Labute approximate surface area is 280 Å². The number of carboxylic acid groups (broad SMARTS) is 2. The molecule has 0 unspecified atom stereocenters. The quantitative estimate of drug-likeness (QED) is 0.0501. The molecule has 0 amide bonds. The van der Waals surface area contributed by atoms with Gasteiger partial charge in [0.2, 0.25) is 0 Å². The molecule has 0 saturated heterocycles. The van der Waals surface area contributed by atoms with Crippen LogP contribution in [-0.2, 0) is 9.59 Å². The van der Waals surface area contributed by atoms with Crippen molar-refractivity contribution in [3.63, 3.8) is 0 Å². The van der Waals surface area contributed by atoms with Crippen LogP contribution in [-0.4, -0.2) is 33.1 Å². The average Bonchev–Trinajstić information content (AvgIpc) is 2.98. The van der Waals surface area contributed by atoms with Gasteiger partial charge in [-0.05, 0) is 32.1 Å². The molecule has 0 spiro atoms. The maximum atomic E-state index is 12.0. The molecule has 0 radical (unpaired) electrons. The second-order valence-electron chi connectivity index (χ2n) is 13.1. The van der Waals surface area contributed by atoms with Gasteiger partial charge in [0.25, 0.3) is 0 Å². The Morgan fingerprint density at radius 1 is 0.442 bits per heavy atom. The fourth-order valence-corrected chi connectivity index (χ4v) is 9.49. The van der Waals surface area contributed by atoms with Gasteiger partial charge in [-0.25, -0.2) is 0 Å². The zero-order chi connectivity index (χ0) is 32.3. The van der Waals surface area contributed by atoms with Crippen molar-refractivity contribution in [1.82, 2.24) is 0 Å². The summed E-state index contributed by atoms with van der Waals surface area (Å²) in [6.07, 6.45) is 33.2. The van der Waals surface area contributed by atoms with E-state index in [1.54, 1.807) is 21.7 Å². The number of carbonyl (C=O) groups is 2. The maximum absolute atomic E-state index is 12.0. The van der Waals surface area contributed by atoms with Crippen molar-refractivity contribution in [2.45, 2.75) is 223 Å². The van der Waals surface area contributed by atoms with Gasteiger partial charge in [0, 0.05) is 17.4 Å². The first kappa shape index (κ1) is 44.9. The summed E-state index contributed by atoms with van der Waals surface area (Å²) in [6, 6.07) is 0. The number of unbranched alkanes of at least 4 members (excludes halogenated alkanes) is 20. The number of hydrogen-bond donors (Lipinski definition) is 0. The summed E-state index contributed by atoms with van der Waals surface area (Å²) < 4.78 is 3.31. The van der Waals surface area contributed by atoms with E-state index in [9.17, 15) is 19.8 Å². The Balaban J connectivity index is 0. The zero-order valence-corrected chi connectivity index (χ0v) is 32.4. The fourth-order valence-electron chi connectivity index (χ4n) is 5.93. The van der Waals surface area contributed by atoms with Crippen LogP contribution in [0.5, 0.6) is 0 Å². The standard InChI is InChI=1S/C22H42O4.2C8H17.Sn/c1-3-5-7-9-11-13-17-22(21(25)26,19-15-16-20(23)24)18-14-12-10-8-6-4-2;2*1-3-5-7-8-6-4-2;/h3-19H2,1-2H3,(H,23,24)(H,25,26);2*1,3-8H2,2H3;/q;;;+2/p-2. The van der Waals surface area contributed by atoms with Crippen LogP contribution in [0.3, 0.4) is 0 Å². The Hall–Kier alpha value is -0.261. The predicted octanol–water partition coefficient (Wildman–Crippen LogP) is 10.4. The van der Waals surface area contributed by atoms with Crippen molar-refractivity contribution < 1.29 is 19.8 Å². The van der Waals surface area contributed by atoms with Crippen LogP contribution >= 0.6 is 0 Å². The number of carbonyl (C=O) groups excluding carboxylic acids is 2. The van der Waals surface area contributed by atoms with Gasteiger partial charge in [-0.3, -0.25) is 0 Å². The van der Waals surface area contributed by atoms with Gasteiger partial charge in [-0.2, -0.15) is 0 Å². The molecule has 0 aromatic carbocycles. The minimum absolute atomic E-state index is 0.0674. The summed E-state index contributed by atoms with van der Waals surface area (Å²) in [5.41, 5.74) is -0.856. The van der Waals surface area contributed by atoms with Crippen molar-refractivity contribution in [3.05, 3.63) is 0 Å². The third-order valence-electron chi connectivity index (χ3n) is 8.90. The van der Waals surface area contributed by atoms with E-state index in [4.69, 9.17) is 0 Å². The number of hydrogen-bond acceptors (Lipinski definition) is 4. The molecule has 0 aromatic rings. The van der Waals surface area contributed by atoms with Crippen molar-refractivity contribution in [2.24, 2.45) is 5.41 Å². The van der Waals surface area contributed by atoms with Crippen LogP contribution in [0.4, 0.5) is 0 Å². The van der Waals surface area contributed by atoms with Gasteiger partial charge in [-0.1, -0.05) is 90.9 Å². The summed E-state index contributed by atoms with van der Waals surface area (Å²) in [6.45, 7) is 8.96. The number of carboxylic acids is 2. The third-order valence-corrected chi connectivity index (χ3v) is 12.9. The van der Waals surface area contributed by atoms with E-state index in [2.05, 4.69) is 27.7 Å². The summed E-state index contributed by atoms with van der Waals surface area (Å²) in [7, 11) is 0. The van der Waals surface area contributed by atoms with Crippen LogP contribution in [0, 0.1) is 5.41 Å². The fraction of sp³-hybridized carbons (Fsp3) is 0.947. The van der Waals surface area contributed by atoms with Crippen molar-refractivity contribution in [2.75, 3.05) is 0 Å². The van der Waals surface area contributed by atoms with Crippen molar-refractivity contribution >= 4 is 33.1 Å². The van der Waals surface area contributed by atoms with E-state index >= 15 is 0 Å². The minimum atomic E-state index is -1.10. The Morgan fingerprint density at radius 2 is 0.744 bits per heavy atom. The molecule has 5 heteroatoms. The topological polar surface area (TPSA) is 80.3 Å². The number of aliphatic carboxylic acids is 2. The molecule has 0 aromatic heterocycles. The molecular weight excluding hydrogens is 639 g/mol. The summed E-state index contributed by atoms with van der Waals surface area (Å²) >= 11 is 0.0736. The van der Waals surface area contributed by atoms with E-state index in [1.165, 1.54) is 103 Å². The normalized spacial score (nSPS) is 11.2. The van der Waals surface area contributed by atoms with Crippen LogP contribution < -0.4 is 10.2 Å².